The first kappa shape index (κ1) is 20.1. The molecule has 0 aliphatic carbocycles. The standard InChI is InChI=1S/C26H28N2O2/c1-3-5-9-17(4-2)16-18-12-14-20(15-13-18)24-22-21(25(29)28-24)23(27-26(22)30)19-10-7-6-8-11-19/h6-8,10-15,17,27,30H,3-5,9,16H2,1-2H3. The normalized spacial score (nSPS) is 13.9. The molecule has 3 aromatic rings. The molecular formula is C26H28N2O2. The number of rotatable bonds is 8. The molecule has 0 spiro atoms. The third-order valence-corrected chi connectivity index (χ3v) is 6.00. The highest BCUT2D eigenvalue weighted by Gasteiger charge is 2.33. The highest BCUT2D eigenvalue weighted by atomic mass is 16.3. The summed E-state index contributed by atoms with van der Waals surface area (Å²) in [6.07, 6.45) is 6.02. The van der Waals surface area contributed by atoms with Gasteiger partial charge in [0.1, 0.15) is 0 Å². The van der Waals surface area contributed by atoms with Gasteiger partial charge in [-0.05, 0) is 23.5 Å². The molecule has 0 saturated heterocycles. The van der Waals surface area contributed by atoms with Crippen molar-refractivity contribution >= 4 is 11.6 Å². The average Bonchev–Trinajstić information content (AvgIpc) is 3.30. The van der Waals surface area contributed by atoms with Gasteiger partial charge in [0.05, 0.1) is 22.5 Å². The SMILES string of the molecule is CCCCC(CC)Cc1ccc(C2=NC(=O)c3c(-c4ccccc4)[nH]c(O)c32)cc1. The zero-order valence-electron chi connectivity index (χ0n) is 17.6. The van der Waals surface area contributed by atoms with E-state index in [-0.39, 0.29) is 11.8 Å². The molecule has 4 heteroatoms. The van der Waals surface area contributed by atoms with Crippen molar-refractivity contribution in [3.8, 4) is 17.1 Å². The number of carbonyl (C=O) groups excluding carboxylic acids is 1. The molecule has 4 rings (SSSR count). The Balaban J connectivity index is 1.61. The zero-order valence-corrected chi connectivity index (χ0v) is 17.6. The maximum absolute atomic E-state index is 12.7. The van der Waals surface area contributed by atoms with Crippen LogP contribution in [0, 0.1) is 5.92 Å². The lowest BCUT2D eigenvalue weighted by atomic mass is 9.91. The van der Waals surface area contributed by atoms with Gasteiger partial charge >= 0.3 is 0 Å². The predicted molar refractivity (Wildman–Crippen MR) is 121 cm³/mol. The van der Waals surface area contributed by atoms with Gasteiger partial charge in [0.25, 0.3) is 5.91 Å². The number of benzene rings is 2. The molecule has 0 bridgehead atoms. The Bertz CT molecular complexity index is 1060. The van der Waals surface area contributed by atoms with Crippen molar-refractivity contribution in [3.63, 3.8) is 0 Å². The summed E-state index contributed by atoms with van der Waals surface area (Å²) in [6.45, 7) is 4.49. The van der Waals surface area contributed by atoms with Crippen LogP contribution in [-0.4, -0.2) is 21.7 Å². The van der Waals surface area contributed by atoms with Crippen LogP contribution in [0.25, 0.3) is 11.3 Å². The molecule has 0 radical (unpaired) electrons. The molecule has 154 valence electrons. The minimum Gasteiger partial charge on any atom is -0.494 e. The van der Waals surface area contributed by atoms with Crippen LogP contribution < -0.4 is 0 Å². The Labute approximate surface area is 177 Å². The maximum Gasteiger partial charge on any atom is 0.280 e. The third-order valence-electron chi connectivity index (χ3n) is 6.00. The number of H-pyrrole nitrogens is 1. The second-order valence-corrected chi connectivity index (χ2v) is 8.05. The minimum atomic E-state index is -0.315. The van der Waals surface area contributed by atoms with E-state index in [1.807, 2.05) is 42.5 Å². The topological polar surface area (TPSA) is 65.5 Å². The molecule has 1 amide bonds. The van der Waals surface area contributed by atoms with Gasteiger partial charge in [0.2, 0.25) is 0 Å². The van der Waals surface area contributed by atoms with Crippen molar-refractivity contribution < 1.29 is 9.90 Å². The number of unbranched alkanes of at least 4 members (excludes halogenated alkanes) is 1. The van der Waals surface area contributed by atoms with Gasteiger partial charge in [-0.1, -0.05) is 94.1 Å². The first-order chi connectivity index (χ1) is 14.6. The smallest absolute Gasteiger partial charge is 0.280 e. The number of hydrogen-bond acceptors (Lipinski definition) is 2. The Hall–Kier alpha value is -3.14. The number of carbonyl (C=O) groups is 1. The number of nitrogens with one attached hydrogen (secondary N) is 1. The van der Waals surface area contributed by atoms with Crippen LogP contribution in [0.2, 0.25) is 0 Å². The Morgan fingerprint density at radius 3 is 2.37 bits per heavy atom. The van der Waals surface area contributed by atoms with E-state index in [2.05, 4.69) is 36.0 Å². The largest absolute Gasteiger partial charge is 0.494 e. The predicted octanol–water partition coefficient (Wildman–Crippen LogP) is 6.14. The number of fused-ring (bicyclic) bond motifs is 1. The van der Waals surface area contributed by atoms with Crippen LogP contribution in [-0.2, 0) is 6.42 Å². The second kappa shape index (κ2) is 8.70. The molecule has 2 aromatic carbocycles. The van der Waals surface area contributed by atoms with Crippen molar-refractivity contribution in [2.24, 2.45) is 10.9 Å². The van der Waals surface area contributed by atoms with E-state index < -0.39 is 0 Å². The fourth-order valence-electron chi connectivity index (χ4n) is 4.25. The number of aromatic amines is 1. The molecule has 1 unspecified atom stereocenters. The average molecular weight is 401 g/mol. The van der Waals surface area contributed by atoms with E-state index >= 15 is 0 Å². The van der Waals surface area contributed by atoms with Gasteiger partial charge in [0.15, 0.2) is 5.88 Å². The molecule has 1 aliphatic rings. The van der Waals surface area contributed by atoms with Gasteiger partial charge in [-0.25, -0.2) is 4.99 Å². The Kier molecular flexibility index (Phi) is 5.84. The quantitative estimate of drug-likeness (QED) is 0.477. The van der Waals surface area contributed by atoms with E-state index in [0.29, 0.717) is 28.5 Å². The molecule has 0 fully saturated rings. The van der Waals surface area contributed by atoms with Crippen LogP contribution >= 0.6 is 0 Å². The zero-order chi connectivity index (χ0) is 21.1. The van der Waals surface area contributed by atoms with E-state index in [0.717, 1.165) is 17.5 Å². The fraction of sp³-hybridized carbons (Fsp3) is 0.308. The summed E-state index contributed by atoms with van der Waals surface area (Å²) in [6, 6.07) is 17.8. The molecule has 0 saturated carbocycles. The molecule has 2 heterocycles. The van der Waals surface area contributed by atoms with Crippen LogP contribution in [0.3, 0.4) is 0 Å². The number of nitrogens with zero attached hydrogens (tertiary/aromatic N) is 1. The van der Waals surface area contributed by atoms with Crippen LogP contribution in [0.5, 0.6) is 5.88 Å². The van der Waals surface area contributed by atoms with Crippen molar-refractivity contribution in [1.82, 2.24) is 4.98 Å². The first-order valence-electron chi connectivity index (χ1n) is 10.8. The minimum absolute atomic E-state index is 0.0110. The lowest BCUT2D eigenvalue weighted by Crippen LogP contribution is -2.04. The van der Waals surface area contributed by atoms with Gasteiger partial charge in [-0.2, -0.15) is 0 Å². The third kappa shape index (κ3) is 3.82. The molecule has 4 nitrogen and oxygen atoms in total. The summed E-state index contributed by atoms with van der Waals surface area (Å²) in [5, 5.41) is 10.6. The van der Waals surface area contributed by atoms with Crippen LogP contribution in [0.4, 0.5) is 0 Å². The van der Waals surface area contributed by atoms with E-state index in [1.54, 1.807) is 0 Å². The lowest BCUT2D eigenvalue weighted by Gasteiger charge is -2.14. The summed E-state index contributed by atoms with van der Waals surface area (Å²) >= 11 is 0. The van der Waals surface area contributed by atoms with Gasteiger partial charge in [-0.3, -0.25) is 4.79 Å². The van der Waals surface area contributed by atoms with E-state index in [4.69, 9.17) is 0 Å². The monoisotopic (exact) mass is 400 g/mol. The number of amides is 1. The number of hydrogen-bond donors (Lipinski definition) is 2. The highest BCUT2D eigenvalue weighted by molar-refractivity contribution is 6.30. The summed E-state index contributed by atoms with van der Waals surface area (Å²) in [5.41, 5.74) is 5.11. The Morgan fingerprint density at radius 1 is 0.967 bits per heavy atom. The van der Waals surface area contributed by atoms with Crippen molar-refractivity contribution in [3.05, 3.63) is 76.9 Å². The summed E-state index contributed by atoms with van der Waals surface area (Å²) in [5.74, 6) is 0.378. The fourth-order valence-corrected chi connectivity index (χ4v) is 4.25. The molecule has 1 aromatic heterocycles. The summed E-state index contributed by atoms with van der Waals surface area (Å²) < 4.78 is 0. The molecule has 2 N–H and O–H groups in total. The maximum atomic E-state index is 12.7. The number of aromatic nitrogens is 1. The molecule has 1 aliphatic heterocycles. The van der Waals surface area contributed by atoms with Gasteiger partial charge in [-0.15, -0.1) is 0 Å². The van der Waals surface area contributed by atoms with E-state index in [1.165, 1.54) is 31.2 Å². The van der Waals surface area contributed by atoms with Crippen LogP contribution in [0.1, 0.15) is 66.6 Å². The highest BCUT2D eigenvalue weighted by Crippen LogP contribution is 2.37. The summed E-state index contributed by atoms with van der Waals surface area (Å²) in [7, 11) is 0. The second-order valence-electron chi connectivity index (χ2n) is 8.05. The van der Waals surface area contributed by atoms with Crippen molar-refractivity contribution in [1.29, 1.82) is 0 Å². The van der Waals surface area contributed by atoms with Gasteiger partial charge < -0.3 is 10.1 Å². The molecule has 1 atom stereocenters. The Morgan fingerprint density at radius 2 is 1.70 bits per heavy atom. The molecule has 30 heavy (non-hydrogen) atoms. The van der Waals surface area contributed by atoms with Crippen LogP contribution in [0.15, 0.2) is 59.6 Å². The summed E-state index contributed by atoms with van der Waals surface area (Å²) in [4.78, 5) is 19.9. The number of aliphatic imine (C=N–C) groups is 1. The molecular weight excluding hydrogens is 372 g/mol. The van der Waals surface area contributed by atoms with Crippen molar-refractivity contribution in [2.75, 3.05) is 0 Å². The van der Waals surface area contributed by atoms with E-state index in [9.17, 15) is 9.90 Å². The van der Waals surface area contributed by atoms with Crippen molar-refractivity contribution in [2.45, 2.75) is 46.0 Å². The van der Waals surface area contributed by atoms with Gasteiger partial charge in [0, 0.05) is 5.56 Å². The lowest BCUT2D eigenvalue weighted by molar-refractivity contribution is 0.101. The first-order valence-corrected chi connectivity index (χ1v) is 10.8. The number of aromatic hydroxyl groups is 1.